The Balaban J connectivity index is 2.12. The first-order valence-corrected chi connectivity index (χ1v) is 4.56. The number of aryl methyl sites for hydroxylation is 1. The van der Waals surface area contributed by atoms with Crippen molar-refractivity contribution >= 4 is 5.95 Å². The Hall–Kier alpha value is -1.16. The summed E-state index contributed by atoms with van der Waals surface area (Å²) >= 11 is 0. The molecule has 0 bridgehead atoms. The molecule has 0 saturated carbocycles. The normalized spacial score (nSPS) is 21.4. The van der Waals surface area contributed by atoms with Crippen LogP contribution < -0.4 is 10.6 Å². The molecule has 4 nitrogen and oxygen atoms in total. The topological polar surface area (TPSA) is 55.0 Å². The highest BCUT2D eigenvalue weighted by molar-refractivity contribution is 5.35. The molecule has 1 unspecified atom stereocenters. The molecule has 1 aliphatic rings. The van der Waals surface area contributed by atoms with E-state index in [0.29, 0.717) is 12.6 Å². The van der Waals surface area contributed by atoms with Crippen LogP contribution in [-0.2, 0) is 0 Å². The van der Waals surface area contributed by atoms with Crippen molar-refractivity contribution < 1.29 is 0 Å². The smallest absolute Gasteiger partial charge is 0.225 e. The van der Waals surface area contributed by atoms with Gasteiger partial charge in [0, 0.05) is 31.5 Å². The zero-order valence-corrected chi connectivity index (χ0v) is 7.77. The molecule has 1 saturated heterocycles. The van der Waals surface area contributed by atoms with Gasteiger partial charge >= 0.3 is 0 Å². The molecular formula is C9H14N4. The fourth-order valence-electron chi connectivity index (χ4n) is 1.48. The lowest BCUT2D eigenvalue weighted by molar-refractivity contribution is 0.447. The summed E-state index contributed by atoms with van der Waals surface area (Å²) in [6.45, 7) is 3.71. The van der Waals surface area contributed by atoms with E-state index in [1.165, 1.54) is 0 Å². The lowest BCUT2D eigenvalue weighted by atomic mass is 10.0. The van der Waals surface area contributed by atoms with Crippen LogP contribution in [0.25, 0.3) is 0 Å². The maximum atomic E-state index is 5.59. The van der Waals surface area contributed by atoms with E-state index in [0.717, 1.165) is 24.5 Å². The molecule has 13 heavy (non-hydrogen) atoms. The van der Waals surface area contributed by atoms with E-state index in [4.69, 9.17) is 5.73 Å². The van der Waals surface area contributed by atoms with E-state index >= 15 is 0 Å². The molecule has 1 aliphatic heterocycles. The molecule has 1 atom stereocenters. The summed E-state index contributed by atoms with van der Waals surface area (Å²) < 4.78 is 0. The van der Waals surface area contributed by atoms with Crippen LogP contribution in [0.5, 0.6) is 0 Å². The lowest BCUT2D eigenvalue weighted by Gasteiger charge is -2.40. The standard InChI is InChI=1S/C9H14N4/c1-7-5-11-9(12-6-7)13-3-2-8(13)4-10/h5-6,8H,2-4,10H2,1H3. The zero-order valence-electron chi connectivity index (χ0n) is 7.77. The first-order valence-electron chi connectivity index (χ1n) is 4.56. The molecule has 0 aromatic carbocycles. The third-order valence-electron chi connectivity index (χ3n) is 2.44. The fraction of sp³-hybridized carbons (Fsp3) is 0.556. The summed E-state index contributed by atoms with van der Waals surface area (Å²) in [4.78, 5) is 10.7. The number of rotatable bonds is 2. The number of nitrogens with two attached hydrogens (primary N) is 1. The van der Waals surface area contributed by atoms with Crippen LogP contribution in [0.1, 0.15) is 12.0 Å². The Bertz CT molecular complexity index is 280. The highest BCUT2D eigenvalue weighted by Gasteiger charge is 2.28. The predicted molar refractivity (Wildman–Crippen MR) is 51.6 cm³/mol. The minimum Gasteiger partial charge on any atom is -0.336 e. The van der Waals surface area contributed by atoms with Gasteiger partial charge in [0.05, 0.1) is 0 Å². The molecule has 4 heteroatoms. The number of hydrogen-bond acceptors (Lipinski definition) is 4. The average Bonchev–Trinajstić information content (AvgIpc) is 2.08. The van der Waals surface area contributed by atoms with Gasteiger partial charge < -0.3 is 10.6 Å². The molecule has 0 aliphatic carbocycles. The summed E-state index contributed by atoms with van der Waals surface area (Å²) in [5.74, 6) is 0.812. The first-order chi connectivity index (χ1) is 6.31. The van der Waals surface area contributed by atoms with Crippen molar-refractivity contribution in [3.63, 3.8) is 0 Å². The highest BCUT2D eigenvalue weighted by Crippen LogP contribution is 2.21. The van der Waals surface area contributed by atoms with E-state index in [9.17, 15) is 0 Å². The van der Waals surface area contributed by atoms with Crippen molar-refractivity contribution in [1.29, 1.82) is 0 Å². The van der Waals surface area contributed by atoms with Gasteiger partial charge in [-0.15, -0.1) is 0 Å². The van der Waals surface area contributed by atoms with Gasteiger partial charge in [0.1, 0.15) is 0 Å². The van der Waals surface area contributed by atoms with Crippen molar-refractivity contribution in [2.45, 2.75) is 19.4 Å². The van der Waals surface area contributed by atoms with Crippen molar-refractivity contribution in [1.82, 2.24) is 9.97 Å². The second-order valence-electron chi connectivity index (χ2n) is 3.43. The Morgan fingerprint density at radius 2 is 2.23 bits per heavy atom. The summed E-state index contributed by atoms with van der Waals surface area (Å²) in [5.41, 5.74) is 6.69. The Morgan fingerprint density at radius 3 is 2.69 bits per heavy atom. The van der Waals surface area contributed by atoms with Gasteiger partial charge in [-0.25, -0.2) is 9.97 Å². The second kappa shape index (κ2) is 3.30. The first kappa shape index (κ1) is 8.44. The molecule has 2 rings (SSSR count). The SMILES string of the molecule is Cc1cnc(N2CCC2CN)nc1. The fourth-order valence-corrected chi connectivity index (χ4v) is 1.48. The second-order valence-corrected chi connectivity index (χ2v) is 3.43. The van der Waals surface area contributed by atoms with E-state index in [1.807, 2.05) is 19.3 Å². The van der Waals surface area contributed by atoms with Crippen LogP contribution in [-0.4, -0.2) is 29.1 Å². The van der Waals surface area contributed by atoms with Gasteiger partial charge in [-0.3, -0.25) is 0 Å². The summed E-state index contributed by atoms with van der Waals surface area (Å²) in [5, 5.41) is 0. The molecular weight excluding hydrogens is 164 g/mol. The molecule has 70 valence electrons. The molecule has 0 radical (unpaired) electrons. The molecule has 0 amide bonds. The van der Waals surface area contributed by atoms with Gasteiger partial charge in [0.15, 0.2) is 0 Å². The minimum absolute atomic E-state index is 0.447. The van der Waals surface area contributed by atoms with E-state index in [1.54, 1.807) is 0 Å². The third-order valence-corrected chi connectivity index (χ3v) is 2.44. The van der Waals surface area contributed by atoms with Crippen LogP contribution in [0.3, 0.4) is 0 Å². The minimum atomic E-state index is 0.447. The Labute approximate surface area is 77.8 Å². The quantitative estimate of drug-likeness (QED) is 0.708. The Kier molecular flexibility index (Phi) is 2.14. The largest absolute Gasteiger partial charge is 0.336 e. The van der Waals surface area contributed by atoms with Crippen molar-refractivity contribution in [2.75, 3.05) is 18.0 Å². The van der Waals surface area contributed by atoms with Crippen molar-refractivity contribution in [3.8, 4) is 0 Å². The summed E-state index contributed by atoms with van der Waals surface area (Å²) in [7, 11) is 0. The molecule has 1 aromatic rings. The van der Waals surface area contributed by atoms with E-state index in [2.05, 4.69) is 14.9 Å². The highest BCUT2D eigenvalue weighted by atomic mass is 15.3. The molecule has 2 heterocycles. The number of hydrogen-bond donors (Lipinski definition) is 1. The lowest BCUT2D eigenvalue weighted by Crippen LogP contribution is -2.52. The number of aromatic nitrogens is 2. The number of anilines is 1. The molecule has 1 aromatic heterocycles. The van der Waals surface area contributed by atoms with Gasteiger partial charge in [-0.05, 0) is 18.9 Å². The van der Waals surface area contributed by atoms with Gasteiger partial charge in [0.25, 0.3) is 0 Å². The maximum absolute atomic E-state index is 5.59. The zero-order chi connectivity index (χ0) is 9.26. The van der Waals surface area contributed by atoms with E-state index in [-0.39, 0.29) is 0 Å². The summed E-state index contributed by atoms with van der Waals surface area (Å²) in [6.07, 6.45) is 4.84. The summed E-state index contributed by atoms with van der Waals surface area (Å²) in [6, 6.07) is 0.447. The monoisotopic (exact) mass is 178 g/mol. The van der Waals surface area contributed by atoms with Gasteiger partial charge in [0.2, 0.25) is 5.95 Å². The van der Waals surface area contributed by atoms with Crippen LogP contribution in [0.4, 0.5) is 5.95 Å². The predicted octanol–water partition coefficient (Wildman–Crippen LogP) is 0.322. The van der Waals surface area contributed by atoms with Crippen LogP contribution in [0, 0.1) is 6.92 Å². The van der Waals surface area contributed by atoms with Crippen LogP contribution in [0.15, 0.2) is 12.4 Å². The van der Waals surface area contributed by atoms with Crippen molar-refractivity contribution in [2.24, 2.45) is 5.73 Å². The number of nitrogens with zero attached hydrogens (tertiary/aromatic N) is 3. The molecule has 0 spiro atoms. The average molecular weight is 178 g/mol. The molecule has 2 N–H and O–H groups in total. The molecule has 1 fully saturated rings. The van der Waals surface area contributed by atoms with Crippen LogP contribution >= 0.6 is 0 Å². The van der Waals surface area contributed by atoms with Crippen molar-refractivity contribution in [3.05, 3.63) is 18.0 Å². The van der Waals surface area contributed by atoms with Gasteiger partial charge in [-0.1, -0.05) is 0 Å². The van der Waals surface area contributed by atoms with E-state index < -0.39 is 0 Å². The van der Waals surface area contributed by atoms with Crippen LogP contribution in [0.2, 0.25) is 0 Å². The third kappa shape index (κ3) is 1.49. The van der Waals surface area contributed by atoms with Gasteiger partial charge in [-0.2, -0.15) is 0 Å². The Morgan fingerprint density at radius 1 is 1.54 bits per heavy atom. The maximum Gasteiger partial charge on any atom is 0.225 e.